The van der Waals surface area contributed by atoms with Crippen LogP contribution in [0.3, 0.4) is 0 Å². The fourth-order valence-corrected chi connectivity index (χ4v) is 1.89. The van der Waals surface area contributed by atoms with Gasteiger partial charge in [-0.1, -0.05) is 13.8 Å². The van der Waals surface area contributed by atoms with Crippen molar-refractivity contribution in [3.63, 3.8) is 0 Å². The Balaban J connectivity index is 3.66. The third-order valence-corrected chi connectivity index (χ3v) is 2.58. The molecular weight excluding hydrogens is 161 g/mol. The molecule has 0 aliphatic heterocycles. The molecule has 0 bridgehead atoms. The third-order valence-electron chi connectivity index (χ3n) is 1.37. The van der Waals surface area contributed by atoms with Crippen molar-refractivity contribution in [2.75, 3.05) is 20.2 Å². The Morgan fingerprint density at radius 2 is 1.73 bits per heavy atom. The van der Waals surface area contributed by atoms with Gasteiger partial charge in [-0.3, -0.25) is 0 Å². The van der Waals surface area contributed by atoms with Gasteiger partial charge in [-0.05, 0) is 12.8 Å². The highest BCUT2D eigenvalue weighted by atomic mass is 31.2. The minimum absolute atomic E-state index is 0.921. The predicted octanol–water partition coefficient (Wildman–Crippen LogP) is 1.97. The van der Waals surface area contributed by atoms with Crippen LogP contribution in [0, 0.1) is 0 Å². The smallest absolute Gasteiger partial charge is 0.255 e. The quantitative estimate of drug-likeness (QED) is 0.633. The van der Waals surface area contributed by atoms with Gasteiger partial charge in [0.2, 0.25) is 0 Å². The zero-order valence-corrected chi connectivity index (χ0v) is 8.47. The highest BCUT2D eigenvalue weighted by Crippen LogP contribution is 2.35. The largest absolute Gasteiger partial charge is 0.338 e. The number of nitrogens with zero attached hydrogens (tertiary/aromatic N) is 1. The monoisotopic (exact) mass is 179 g/mol. The van der Waals surface area contributed by atoms with E-state index in [9.17, 15) is 4.89 Å². The van der Waals surface area contributed by atoms with Crippen molar-refractivity contribution in [2.24, 2.45) is 0 Å². The fraction of sp³-hybridized carbons (Fsp3) is 1.00. The lowest BCUT2D eigenvalue weighted by Gasteiger charge is -2.23. The Morgan fingerprint density at radius 3 is 2.00 bits per heavy atom. The summed E-state index contributed by atoms with van der Waals surface area (Å²) in [6, 6.07) is 0. The highest BCUT2D eigenvalue weighted by Gasteiger charge is 2.13. The van der Waals surface area contributed by atoms with Gasteiger partial charge in [-0.2, -0.15) is 0 Å². The van der Waals surface area contributed by atoms with Gasteiger partial charge in [0.15, 0.2) is 0 Å². The molecule has 1 N–H and O–H groups in total. The zero-order valence-electron chi connectivity index (χ0n) is 7.58. The van der Waals surface area contributed by atoms with Crippen molar-refractivity contribution in [3.05, 3.63) is 0 Å². The second kappa shape index (κ2) is 6.99. The van der Waals surface area contributed by atoms with Gasteiger partial charge in [0.05, 0.1) is 0 Å². The summed E-state index contributed by atoms with van der Waals surface area (Å²) in [7, 11) is 0.225. The van der Waals surface area contributed by atoms with Gasteiger partial charge >= 0.3 is 0 Å². The topological polar surface area (TPSA) is 32.7 Å². The van der Waals surface area contributed by atoms with Gasteiger partial charge < -0.3 is 9.42 Å². The van der Waals surface area contributed by atoms with E-state index in [2.05, 4.69) is 13.8 Å². The molecule has 11 heavy (non-hydrogen) atoms. The van der Waals surface area contributed by atoms with Gasteiger partial charge in [-0.25, -0.2) is 4.67 Å². The fourth-order valence-electron chi connectivity index (χ4n) is 0.915. The second-order valence-corrected chi connectivity index (χ2v) is 3.83. The Hall–Kier alpha value is 0.310. The summed E-state index contributed by atoms with van der Waals surface area (Å²) in [5, 5.41) is 0. The molecule has 0 heterocycles. The number of rotatable bonds is 6. The Labute approximate surface area is 70.3 Å². The summed E-state index contributed by atoms with van der Waals surface area (Å²) in [5.41, 5.74) is 0. The van der Waals surface area contributed by atoms with Crippen molar-refractivity contribution in [2.45, 2.75) is 26.7 Å². The maximum Gasteiger partial charge on any atom is 0.255 e. The van der Waals surface area contributed by atoms with Crippen LogP contribution < -0.4 is 0 Å². The van der Waals surface area contributed by atoms with Crippen LogP contribution in [-0.2, 0) is 4.52 Å². The molecule has 0 fully saturated rings. The van der Waals surface area contributed by atoms with Crippen molar-refractivity contribution in [1.29, 1.82) is 0 Å². The lowest BCUT2D eigenvalue weighted by molar-refractivity contribution is 0.299. The number of hydrogen-bond acceptors (Lipinski definition) is 3. The first kappa shape index (κ1) is 11.3. The van der Waals surface area contributed by atoms with Gasteiger partial charge in [0.25, 0.3) is 8.53 Å². The average Bonchev–Trinajstić information content (AvgIpc) is 2.03. The lowest BCUT2D eigenvalue weighted by atomic mass is 10.4. The maximum atomic E-state index is 9.35. The van der Waals surface area contributed by atoms with Crippen LogP contribution in [0.2, 0.25) is 0 Å². The van der Waals surface area contributed by atoms with Crippen LogP contribution in [0.15, 0.2) is 0 Å². The SMILES string of the molecule is CCCN(CCC)P(O)OC. The summed E-state index contributed by atoms with van der Waals surface area (Å²) < 4.78 is 6.85. The highest BCUT2D eigenvalue weighted by molar-refractivity contribution is 7.43. The molecule has 4 heteroatoms. The van der Waals surface area contributed by atoms with E-state index >= 15 is 0 Å². The standard InChI is InChI=1S/C7H18NO2P/c1-4-6-8(7-5-2)11(9)10-3/h9H,4-7H2,1-3H3. The van der Waals surface area contributed by atoms with Gasteiger partial charge in [0.1, 0.15) is 0 Å². The molecule has 0 rings (SSSR count). The summed E-state index contributed by atoms with van der Waals surface area (Å²) in [6.07, 6.45) is 2.12. The molecule has 0 amide bonds. The summed E-state index contributed by atoms with van der Waals surface area (Å²) in [6.45, 7) is 6.04. The van der Waals surface area contributed by atoms with Crippen LogP contribution in [0.25, 0.3) is 0 Å². The molecule has 0 aromatic heterocycles. The normalized spacial score (nSPS) is 13.9. The molecule has 1 unspecified atom stereocenters. The molecule has 0 aromatic rings. The van der Waals surface area contributed by atoms with Gasteiger partial charge in [0, 0.05) is 20.2 Å². The molecule has 0 saturated heterocycles. The minimum Gasteiger partial charge on any atom is -0.338 e. The Bertz CT molecular complexity index is 86.5. The summed E-state index contributed by atoms with van der Waals surface area (Å²) in [5.74, 6) is 0. The predicted molar refractivity (Wildman–Crippen MR) is 48.3 cm³/mol. The molecule has 0 saturated carbocycles. The van der Waals surface area contributed by atoms with Crippen LogP contribution in [-0.4, -0.2) is 29.8 Å². The van der Waals surface area contributed by atoms with E-state index < -0.39 is 8.53 Å². The molecule has 3 nitrogen and oxygen atoms in total. The summed E-state index contributed by atoms with van der Waals surface area (Å²) >= 11 is 0. The third kappa shape index (κ3) is 4.70. The molecule has 0 radical (unpaired) electrons. The van der Waals surface area contributed by atoms with E-state index in [0.29, 0.717) is 0 Å². The second-order valence-electron chi connectivity index (χ2n) is 2.39. The van der Waals surface area contributed by atoms with Crippen LogP contribution in [0.1, 0.15) is 26.7 Å². The van der Waals surface area contributed by atoms with E-state index in [0.717, 1.165) is 25.9 Å². The zero-order chi connectivity index (χ0) is 8.69. The van der Waals surface area contributed by atoms with E-state index in [1.165, 1.54) is 0 Å². The molecule has 0 aromatic carbocycles. The molecule has 1 atom stereocenters. The first-order chi connectivity index (χ1) is 5.26. The van der Waals surface area contributed by atoms with E-state index in [4.69, 9.17) is 4.52 Å². The van der Waals surface area contributed by atoms with Crippen molar-refractivity contribution >= 4 is 8.53 Å². The Kier molecular flexibility index (Phi) is 7.18. The van der Waals surface area contributed by atoms with Crippen molar-refractivity contribution < 1.29 is 9.42 Å². The van der Waals surface area contributed by atoms with Gasteiger partial charge in [-0.15, -0.1) is 0 Å². The molecule has 0 aliphatic carbocycles. The Morgan fingerprint density at radius 1 is 1.27 bits per heavy atom. The van der Waals surface area contributed by atoms with Crippen molar-refractivity contribution in [1.82, 2.24) is 4.67 Å². The first-order valence-corrected chi connectivity index (χ1v) is 5.20. The van der Waals surface area contributed by atoms with Crippen LogP contribution in [0.4, 0.5) is 0 Å². The molecular formula is C7H18NO2P. The first-order valence-electron chi connectivity index (χ1n) is 4.04. The van der Waals surface area contributed by atoms with E-state index in [1.54, 1.807) is 7.11 Å². The molecule has 0 spiro atoms. The van der Waals surface area contributed by atoms with Crippen LogP contribution >= 0.6 is 8.53 Å². The minimum atomic E-state index is -1.32. The molecule has 0 aliphatic rings. The van der Waals surface area contributed by atoms with Crippen LogP contribution in [0.5, 0.6) is 0 Å². The van der Waals surface area contributed by atoms with Crippen molar-refractivity contribution in [3.8, 4) is 0 Å². The maximum absolute atomic E-state index is 9.35. The summed E-state index contributed by atoms with van der Waals surface area (Å²) in [4.78, 5) is 9.35. The lowest BCUT2D eigenvalue weighted by Crippen LogP contribution is -2.20. The molecule has 68 valence electrons. The van der Waals surface area contributed by atoms with E-state index in [1.807, 2.05) is 4.67 Å². The number of hydrogen-bond donors (Lipinski definition) is 1. The average molecular weight is 179 g/mol. The van der Waals surface area contributed by atoms with E-state index in [-0.39, 0.29) is 0 Å².